The van der Waals surface area contributed by atoms with Crippen molar-refractivity contribution in [3.63, 3.8) is 0 Å². The van der Waals surface area contributed by atoms with Crippen LogP contribution in [0.25, 0.3) is 10.9 Å². The van der Waals surface area contributed by atoms with E-state index < -0.39 is 0 Å². The molecule has 2 aromatic rings. The molecule has 1 aromatic carbocycles. The average molecular weight is 178 g/mol. The van der Waals surface area contributed by atoms with Gasteiger partial charge in [-0.15, -0.1) is 0 Å². The van der Waals surface area contributed by atoms with Gasteiger partial charge in [-0.2, -0.15) is 5.10 Å². The lowest BCUT2D eigenvalue weighted by molar-refractivity contribution is 0.112. The molecule has 0 unspecified atom stereocenters. The smallest absolute Gasteiger partial charge is 0.168 e. The van der Waals surface area contributed by atoms with Crippen LogP contribution in [0.2, 0.25) is 0 Å². The molecule has 0 saturated carbocycles. The summed E-state index contributed by atoms with van der Waals surface area (Å²) in [5.74, 6) is -0.309. The van der Waals surface area contributed by atoms with Crippen molar-refractivity contribution >= 4 is 17.2 Å². The Balaban J connectivity index is 2.84. The van der Waals surface area contributed by atoms with Crippen molar-refractivity contribution < 1.29 is 9.18 Å². The summed E-state index contributed by atoms with van der Waals surface area (Å²) in [6.45, 7) is 1.65. The number of halogens is 1. The highest BCUT2D eigenvalue weighted by atomic mass is 19.1. The summed E-state index contributed by atoms with van der Waals surface area (Å²) in [6, 6.07) is 2.92. The van der Waals surface area contributed by atoms with Crippen LogP contribution in [0.1, 0.15) is 16.1 Å². The van der Waals surface area contributed by atoms with Crippen LogP contribution in [0.15, 0.2) is 12.1 Å². The molecule has 0 bridgehead atoms. The van der Waals surface area contributed by atoms with Crippen LogP contribution >= 0.6 is 0 Å². The Morgan fingerprint density at radius 2 is 2.31 bits per heavy atom. The fourth-order valence-electron chi connectivity index (χ4n) is 1.25. The zero-order valence-electron chi connectivity index (χ0n) is 6.97. The minimum atomic E-state index is -0.309. The summed E-state index contributed by atoms with van der Waals surface area (Å²) >= 11 is 0. The molecular weight excluding hydrogens is 171 g/mol. The molecule has 13 heavy (non-hydrogen) atoms. The van der Waals surface area contributed by atoms with Crippen molar-refractivity contribution in [1.82, 2.24) is 10.2 Å². The van der Waals surface area contributed by atoms with E-state index in [1.54, 1.807) is 13.0 Å². The molecule has 1 heterocycles. The second kappa shape index (κ2) is 2.65. The third kappa shape index (κ3) is 1.11. The van der Waals surface area contributed by atoms with Gasteiger partial charge >= 0.3 is 0 Å². The molecule has 0 saturated heterocycles. The minimum Gasteiger partial charge on any atom is -0.296 e. The first-order chi connectivity index (χ1) is 6.22. The molecule has 1 aromatic heterocycles. The molecule has 0 amide bonds. The Bertz CT molecular complexity index is 476. The van der Waals surface area contributed by atoms with Gasteiger partial charge in [0.05, 0.1) is 5.52 Å². The number of hydrogen-bond donors (Lipinski definition) is 1. The van der Waals surface area contributed by atoms with Crippen molar-refractivity contribution in [3.8, 4) is 0 Å². The Morgan fingerprint density at radius 3 is 3.00 bits per heavy atom. The van der Waals surface area contributed by atoms with E-state index in [0.29, 0.717) is 28.4 Å². The zero-order valence-corrected chi connectivity index (χ0v) is 6.97. The molecule has 66 valence electrons. The fourth-order valence-corrected chi connectivity index (χ4v) is 1.25. The van der Waals surface area contributed by atoms with Gasteiger partial charge in [-0.1, -0.05) is 0 Å². The van der Waals surface area contributed by atoms with Crippen LogP contribution in [0.4, 0.5) is 4.39 Å². The molecule has 0 radical (unpaired) electrons. The van der Waals surface area contributed by atoms with E-state index in [1.165, 1.54) is 6.07 Å². The fraction of sp³-hybridized carbons (Fsp3) is 0.111. The Labute approximate surface area is 73.6 Å². The number of rotatable bonds is 1. The molecule has 4 heteroatoms. The SMILES string of the molecule is Cc1cc2c(C=O)[nH]nc2cc1F. The monoisotopic (exact) mass is 178 g/mol. The highest BCUT2D eigenvalue weighted by Gasteiger charge is 2.07. The molecule has 3 nitrogen and oxygen atoms in total. The van der Waals surface area contributed by atoms with Crippen molar-refractivity contribution in [1.29, 1.82) is 0 Å². The predicted octanol–water partition coefficient (Wildman–Crippen LogP) is 1.82. The number of carbonyl (C=O) groups excluding carboxylic acids is 1. The van der Waals surface area contributed by atoms with Crippen molar-refractivity contribution in [3.05, 3.63) is 29.2 Å². The van der Waals surface area contributed by atoms with Crippen molar-refractivity contribution in [2.45, 2.75) is 6.92 Å². The summed E-state index contributed by atoms with van der Waals surface area (Å²) < 4.78 is 13.0. The minimum absolute atomic E-state index is 0.309. The average Bonchev–Trinajstić information content (AvgIpc) is 2.48. The van der Waals surface area contributed by atoms with Crippen LogP contribution in [0.5, 0.6) is 0 Å². The summed E-state index contributed by atoms with van der Waals surface area (Å²) in [7, 11) is 0. The Morgan fingerprint density at radius 1 is 1.54 bits per heavy atom. The van der Waals surface area contributed by atoms with Gasteiger partial charge in [0.1, 0.15) is 11.5 Å². The topological polar surface area (TPSA) is 45.8 Å². The molecule has 2 rings (SSSR count). The van der Waals surface area contributed by atoms with Gasteiger partial charge in [0, 0.05) is 11.5 Å². The largest absolute Gasteiger partial charge is 0.296 e. The number of nitrogens with one attached hydrogen (secondary N) is 1. The van der Waals surface area contributed by atoms with Gasteiger partial charge in [0.25, 0.3) is 0 Å². The molecular formula is C9H7FN2O. The number of aromatic amines is 1. The molecule has 0 aliphatic rings. The van der Waals surface area contributed by atoms with E-state index in [9.17, 15) is 9.18 Å². The van der Waals surface area contributed by atoms with Crippen molar-refractivity contribution in [2.75, 3.05) is 0 Å². The third-order valence-electron chi connectivity index (χ3n) is 1.98. The summed E-state index contributed by atoms with van der Waals surface area (Å²) in [4.78, 5) is 10.5. The number of aromatic nitrogens is 2. The van der Waals surface area contributed by atoms with Gasteiger partial charge < -0.3 is 0 Å². The summed E-state index contributed by atoms with van der Waals surface area (Å²) in [6.07, 6.45) is 0.673. The molecule has 0 aliphatic carbocycles. The number of aryl methyl sites for hydroxylation is 1. The van der Waals surface area contributed by atoms with Gasteiger partial charge in [-0.3, -0.25) is 9.89 Å². The van der Waals surface area contributed by atoms with Gasteiger partial charge in [-0.25, -0.2) is 4.39 Å². The maximum absolute atomic E-state index is 13.0. The first-order valence-corrected chi connectivity index (χ1v) is 3.82. The van der Waals surface area contributed by atoms with Gasteiger partial charge in [-0.05, 0) is 18.6 Å². The Kier molecular flexibility index (Phi) is 1.62. The number of nitrogens with zero attached hydrogens (tertiary/aromatic N) is 1. The maximum Gasteiger partial charge on any atom is 0.168 e. The van der Waals surface area contributed by atoms with E-state index in [1.807, 2.05) is 0 Å². The first-order valence-electron chi connectivity index (χ1n) is 3.82. The van der Waals surface area contributed by atoms with Crippen LogP contribution in [0.3, 0.4) is 0 Å². The van der Waals surface area contributed by atoms with Crippen LogP contribution in [-0.2, 0) is 0 Å². The van der Waals surface area contributed by atoms with Gasteiger partial charge in [0.2, 0.25) is 0 Å². The predicted molar refractivity (Wildman–Crippen MR) is 46.2 cm³/mol. The number of fused-ring (bicyclic) bond motifs is 1. The summed E-state index contributed by atoms with van der Waals surface area (Å²) in [5, 5.41) is 6.99. The number of benzene rings is 1. The molecule has 0 atom stereocenters. The lowest BCUT2D eigenvalue weighted by atomic mass is 10.1. The third-order valence-corrected chi connectivity index (χ3v) is 1.98. The number of carbonyl (C=O) groups is 1. The number of hydrogen-bond acceptors (Lipinski definition) is 2. The molecule has 1 N–H and O–H groups in total. The molecule has 0 fully saturated rings. The van der Waals surface area contributed by atoms with Crippen molar-refractivity contribution in [2.24, 2.45) is 0 Å². The first kappa shape index (κ1) is 7.91. The lowest BCUT2D eigenvalue weighted by Crippen LogP contribution is -1.83. The zero-order chi connectivity index (χ0) is 9.42. The molecule has 0 aliphatic heterocycles. The van der Waals surface area contributed by atoms with Crippen LogP contribution in [-0.4, -0.2) is 16.5 Å². The van der Waals surface area contributed by atoms with Crippen LogP contribution in [0, 0.1) is 12.7 Å². The van der Waals surface area contributed by atoms with Crippen LogP contribution < -0.4 is 0 Å². The highest BCUT2D eigenvalue weighted by Crippen LogP contribution is 2.18. The van der Waals surface area contributed by atoms with E-state index in [0.717, 1.165) is 0 Å². The molecule has 0 spiro atoms. The second-order valence-electron chi connectivity index (χ2n) is 2.87. The van der Waals surface area contributed by atoms with E-state index in [2.05, 4.69) is 10.2 Å². The lowest BCUT2D eigenvalue weighted by Gasteiger charge is -1.94. The highest BCUT2D eigenvalue weighted by molar-refractivity contribution is 5.95. The van der Waals surface area contributed by atoms with E-state index in [4.69, 9.17) is 0 Å². The Hall–Kier alpha value is -1.71. The van der Waals surface area contributed by atoms with E-state index >= 15 is 0 Å². The standard InChI is InChI=1S/C9H7FN2O/c1-5-2-6-8(3-7(5)10)11-12-9(6)4-13/h2-4H,1H3,(H,11,12). The maximum atomic E-state index is 13.0. The summed E-state index contributed by atoms with van der Waals surface area (Å²) in [5.41, 5.74) is 1.38. The number of aldehydes is 1. The normalized spacial score (nSPS) is 10.6. The van der Waals surface area contributed by atoms with Gasteiger partial charge in [0.15, 0.2) is 6.29 Å². The number of H-pyrrole nitrogens is 1. The second-order valence-corrected chi connectivity index (χ2v) is 2.87. The van der Waals surface area contributed by atoms with E-state index in [-0.39, 0.29) is 5.82 Å². The quantitative estimate of drug-likeness (QED) is 0.677.